The Morgan fingerprint density at radius 2 is 1.90 bits per heavy atom. The molecule has 6 heteroatoms. The average Bonchev–Trinajstić information content (AvgIpc) is 2.85. The Kier molecular flexibility index (Phi) is 5.27. The number of hydrogen-bond donors (Lipinski definition) is 2. The SMILES string of the molecule is CCn1cc(CNC(=S)NCc2ccc(F)cc2)c(C)n1. The minimum Gasteiger partial charge on any atom is -0.359 e. The minimum atomic E-state index is -0.233. The van der Waals surface area contributed by atoms with Crippen LogP contribution in [0.25, 0.3) is 0 Å². The summed E-state index contributed by atoms with van der Waals surface area (Å²) in [5, 5.41) is 11.2. The molecule has 0 spiro atoms. The van der Waals surface area contributed by atoms with Gasteiger partial charge >= 0.3 is 0 Å². The van der Waals surface area contributed by atoms with Gasteiger partial charge in [0.05, 0.1) is 5.69 Å². The first-order valence-electron chi connectivity index (χ1n) is 6.87. The van der Waals surface area contributed by atoms with Gasteiger partial charge in [0.1, 0.15) is 5.82 Å². The van der Waals surface area contributed by atoms with Crippen LogP contribution in [0.3, 0.4) is 0 Å². The second-order valence-corrected chi connectivity index (χ2v) is 5.17. The van der Waals surface area contributed by atoms with Gasteiger partial charge in [-0.25, -0.2) is 4.39 Å². The van der Waals surface area contributed by atoms with Crippen LogP contribution in [0.15, 0.2) is 30.5 Å². The van der Waals surface area contributed by atoms with Crippen LogP contribution >= 0.6 is 12.2 Å². The Balaban J connectivity index is 1.79. The molecule has 4 nitrogen and oxygen atoms in total. The lowest BCUT2D eigenvalue weighted by atomic mass is 10.2. The summed E-state index contributed by atoms with van der Waals surface area (Å²) in [4.78, 5) is 0. The van der Waals surface area contributed by atoms with Crippen molar-refractivity contribution in [2.75, 3.05) is 0 Å². The molecule has 0 unspecified atom stereocenters. The number of aromatic nitrogens is 2. The standard InChI is InChI=1S/C15H19FN4S/c1-3-20-10-13(11(2)19-20)9-18-15(21)17-8-12-4-6-14(16)7-5-12/h4-7,10H,3,8-9H2,1-2H3,(H2,17,18,21). The average molecular weight is 306 g/mol. The summed E-state index contributed by atoms with van der Waals surface area (Å²) in [5.41, 5.74) is 3.11. The van der Waals surface area contributed by atoms with Crippen LogP contribution in [0, 0.1) is 12.7 Å². The first-order valence-corrected chi connectivity index (χ1v) is 7.28. The van der Waals surface area contributed by atoms with Gasteiger partial charge in [-0.15, -0.1) is 0 Å². The van der Waals surface area contributed by atoms with Crippen molar-refractivity contribution in [1.29, 1.82) is 0 Å². The molecule has 112 valence electrons. The van der Waals surface area contributed by atoms with Crippen molar-refractivity contribution in [3.05, 3.63) is 53.1 Å². The maximum absolute atomic E-state index is 12.8. The van der Waals surface area contributed by atoms with Crippen LogP contribution in [0.4, 0.5) is 4.39 Å². The van der Waals surface area contributed by atoms with Crippen molar-refractivity contribution >= 4 is 17.3 Å². The molecule has 1 aromatic carbocycles. The zero-order chi connectivity index (χ0) is 15.2. The lowest BCUT2D eigenvalue weighted by molar-refractivity contribution is 0.626. The molecule has 0 fully saturated rings. The van der Waals surface area contributed by atoms with E-state index in [0.29, 0.717) is 18.2 Å². The smallest absolute Gasteiger partial charge is 0.166 e. The molecule has 0 bridgehead atoms. The van der Waals surface area contributed by atoms with Gasteiger partial charge in [0.25, 0.3) is 0 Å². The van der Waals surface area contributed by atoms with Crippen molar-refractivity contribution in [3.8, 4) is 0 Å². The van der Waals surface area contributed by atoms with E-state index in [4.69, 9.17) is 12.2 Å². The normalized spacial score (nSPS) is 10.4. The first-order chi connectivity index (χ1) is 10.1. The van der Waals surface area contributed by atoms with Crippen LogP contribution < -0.4 is 10.6 Å². The minimum absolute atomic E-state index is 0.233. The molecule has 2 aromatic rings. The Hall–Kier alpha value is -1.95. The summed E-state index contributed by atoms with van der Waals surface area (Å²) in [5.74, 6) is -0.233. The second-order valence-electron chi connectivity index (χ2n) is 4.76. The monoisotopic (exact) mass is 306 g/mol. The molecule has 0 aliphatic rings. The van der Waals surface area contributed by atoms with Crippen molar-refractivity contribution in [1.82, 2.24) is 20.4 Å². The number of halogens is 1. The Morgan fingerprint density at radius 1 is 1.24 bits per heavy atom. The highest BCUT2D eigenvalue weighted by Crippen LogP contribution is 2.05. The van der Waals surface area contributed by atoms with Gasteiger partial charge in [0.15, 0.2) is 5.11 Å². The topological polar surface area (TPSA) is 41.9 Å². The molecule has 0 aliphatic heterocycles. The third-order valence-corrected chi connectivity index (χ3v) is 3.47. The quantitative estimate of drug-likeness (QED) is 0.833. The van der Waals surface area contributed by atoms with Crippen molar-refractivity contribution in [2.24, 2.45) is 0 Å². The molecule has 21 heavy (non-hydrogen) atoms. The van der Waals surface area contributed by atoms with E-state index in [2.05, 4.69) is 22.7 Å². The fourth-order valence-corrected chi connectivity index (χ4v) is 2.06. The number of nitrogens with one attached hydrogen (secondary N) is 2. The zero-order valence-corrected chi connectivity index (χ0v) is 13.0. The van der Waals surface area contributed by atoms with E-state index < -0.39 is 0 Å². The van der Waals surface area contributed by atoms with Crippen LogP contribution in [0.1, 0.15) is 23.7 Å². The summed E-state index contributed by atoms with van der Waals surface area (Å²) < 4.78 is 14.7. The van der Waals surface area contributed by atoms with Gasteiger partial charge in [0, 0.05) is 31.4 Å². The van der Waals surface area contributed by atoms with E-state index in [1.165, 1.54) is 12.1 Å². The highest BCUT2D eigenvalue weighted by Gasteiger charge is 2.04. The lowest BCUT2D eigenvalue weighted by Crippen LogP contribution is -2.34. The molecule has 0 aliphatic carbocycles. The summed E-state index contributed by atoms with van der Waals surface area (Å²) in [6, 6.07) is 6.35. The highest BCUT2D eigenvalue weighted by molar-refractivity contribution is 7.80. The molecular formula is C15H19FN4S. The number of benzene rings is 1. The number of aryl methyl sites for hydroxylation is 2. The Labute approximate surface area is 129 Å². The van der Waals surface area contributed by atoms with E-state index in [9.17, 15) is 4.39 Å². The summed E-state index contributed by atoms with van der Waals surface area (Å²) in [6.45, 7) is 6.10. The predicted octanol–water partition coefficient (Wildman–Crippen LogP) is 2.51. The molecule has 2 N–H and O–H groups in total. The molecule has 1 heterocycles. The zero-order valence-electron chi connectivity index (χ0n) is 12.2. The Morgan fingerprint density at radius 3 is 2.52 bits per heavy atom. The van der Waals surface area contributed by atoms with E-state index in [0.717, 1.165) is 23.4 Å². The fourth-order valence-electron chi connectivity index (χ4n) is 1.92. The molecule has 0 saturated carbocycles. The van der Waals surface area contributed by atoms with E-state index in [1.807, 2.05) is 17.8 Å². The van der Waals surface area contributed by atoms with E-state index in [1.54, 1.807) is 12.1 Å². The van der Waals surface area contributed by atoms with Gasteiger partial charge in [-0.2, -0.15) is 5.10 Å². The third-order valence-electron chi connectivity index (χ3n) is 3.18. The molecule has 1 aromatic heterocycles. The third kappa shape index (κ3) is 4.53. The van der Waals surface area contributed by atoms with E-state index in [-0.39, 0.29) is 5.82 Å². The van der Waals surface area contributed by atoms with Crippen LogP contribution in [0.2, 0.25) is 0 Å². The van der Waals surface area contributed by atoms with Gasteiger partial charge in [-0.1, -0.05) is 12.1 Å². The number of thiocarbonyl (C=S) groups is 1. The molecule has 0 radical (unpaired) electrons. The summed E-state index contributed by atoms with van der Waals surface area (Å²) >= 11 is 5.23. The molecule has 0 amide bonds. The highest BCUT2D eigenvalue weighted by atomic mass is 32.1. The Bertz CT molecular complexity index is 607. The molecule has 0 saturated heterocycles. The maximum atomic E-state index is 12.8. The number of nitrogens with zero attached hydrogens (tertiary/aromatic N) is 2. The predicted molar refractivity (Wildman–Crippen MR) is 85.3 cm³/mol. The fraction of sp³-hybridized carbons (Fsp3) is 0.333. The first kappa shape index (κ1) is 15.4. The van der Waals surface area contributed by atoms with Crippen LogP contribution in [-0.4, -0.2) is 14.9 Å². The van der Waals surface area contributed by atoms with Crippen molar-refractivity contribution in [2.45, 2.75) is 33.5 Å². The van der Waals surface area contributed by atoms with Gasteiger partial charge in [-0.3, -0.25) is 4.68 Å². The second kappa shape index (κ2) is 7.17. The molecule has 2 rings (SSSR count). The van der Waals surface area contributed by atoms with Crippen LogP contribution in [0.5, 0.6) is 0 Å². The van der Waals surface area contributed by atoms with E-state index >= 15 is 0 Å². The lowest BCUT2D eigenvalue weighted by Gasteiger charge is -2.10. The number of hydrogen-bond acceptors (Lipinski definition) is 2. The van der Waals surface area contributed by atoms with Crippen molar-refractivity contribution in [3.63, 3.8) is 0 Å². The number of rotatable bonds is 5. The maximum Gasteiger partial charge on any atom is 0.166 e. The van der Waals surface area contributed by atoms with Crippen molar-refractivity contribution < 1.29 is 4.39 Å². The molecule has 0 atom stereocenters. The van der Waals surface area contributed by atoms with Gasteiger partial charge in [0.2, 0.25) is 0 Å². The van der Waals surface area contributed by atoms with Crippen LogP contribution in [-0.2, 0) is 19.6 Å². The summed E-state index contributed by atoms with van der Waals surface area (Å²) in [6.07, 6.45) is 2.02. The van der Waals surface area contributed by atoms with Gasteiger partial charge in [-0.05, 0) is 43.8 Å². The largest absolute Gasteiger partial charge is 0.359 e. The summed E-state index contributed by atoms with van der Waals surface area (Å²) in [7, 11) is 0. The molecular weight excluding hydrogens is 287 g/mol. The van der Waals surface area contributed by atoms with Gasteiger partial charge < -0.3 is 10.6 Å².